The fourth-order valence-corrected chi connectivity index (χ4v) is 2.63. The van der Waals surface area contributed by atoms with Gasteiger partial charge in [-0.05, 0) is 31.5 Å². The maximum Gasteiger partial charge on any atom is 0.229 e. The number of nitrogens with two attached hydrogens (primary N) is 1. The van der Waals surface area contributed by atoms with Crippen molar-refractivity contribution >= 4 is 11.8 Å². The highest BCUT2D eigenvalue weighted by Crippen LogP contribution is 2.25. The van der Waals surface area contributed by atoms with Crippen LogP contribution < -0.4 is 5.73 Å². The molecule has 2 N–H and O–H groups in total. The van der Waals surface area contributed by atoms with Crippen LogP contribution in [0.5, 0.6) is 0 Å². The Balaban J connectivity index is 1.95. The fraction of sp³-hybridized carbons (Fsp3) is 0.429. The van der Waals surface area contributed by atoms with Crippen molar-refractivity contribution < 1.29 is 4.52 Å². The van der Waals surface area contributed by atoms with E-state index in [1.54, 1.807) is 11.8 Å². The summed E-state index contributed by atoms with van der Waals surface area (Å²) in [6.07, 6.45) is 0.868. The zero-order chi connectivity index (χ0) is 13.7. The molecule has 0 saturated heterocycles. The van der Waals surface area contributed by atoms with Crippen molar-refractivity contribution in [2.45, 2.75) is 36.8 Å². The monoisotopic (exact) mass is 277 g/mol. The molecule has 0 fully saturated rings. The highest BCUT2D eigenvalue weighted by atomic mass is 32.2. The van der Waals surface area contributed by atoms with Gasteiger partial charge in [-0.2, -0.15) is 4.98 Å². The van der Waals surface area contributed by atoms with E-state index in [1.165, 1.54) is 10.5 Å². The summed E-state index contributed by atoms with van der Waals surface area (Å²) in [6, 6.07) is 8.30. The third-order valence-electron chi connectivity index (χ3n) is 2.96. The van der Waals surface area contributed by atoms with E-state index in [1.807, 2.05) is 12.1 Å². The highest BCUT2D eigenvalue weighted by molar-refractivity contribution is 7.98. The second-order valence-corrected chi connectivity index (χ2v) is 5.60. The second kappa shape index (κ2) is 6.73. The summed E-state index contributed by atoms with van der Waals surface area (Å²) in [5.74, 6) is 2.39. The summed E-state index contributed by atoms with van der Waals surface area (Å²) in [5, 5.41) is 4.02. The van der Waals surface area contributed by atoms with E-state index < -0.39 is 0 Å². The smallest absolute Gasteiger partial charge is 0.229 e. The Morgan fingerprint density at radius 1 is 1.37 bits per heavy atom. The first-order valence-corrected chi connectivity index (χ1v) is 7.40. The van der Waals surface area contributed by atoms with Crippen molar-refractivity contribution in [2.24, 2.45) is 5.73 Å². The van der Waals surface area contributed by atoms with Crippen LogP contribution in [-0.2, 0) is 5.75 Å². The Hall–Kier alpha value is -1.33. The van der Waals surface area contributed by atoms with E-state index in [2.05, 4.69) is 36.1 Å². The largest absolute Gasteiger partial charge is 0.339 e. The molecule has 0 aliphatic heterocycles. The first-order chi connectivity index (χ1) is 9.20. The van der Waals surface area contributed by atoms with Crippen LogP contribution in [0.15, 0.2) is 33.7 Å². The van der Waals surface area contributed by atoms with Crippen molar-refractivity contribution in [3.63, 3.8) is 0 Å². The van der Waals surface area contributed by atoms with Crippen LogP contribution >= 0.6 is 11.8 Å². The normalized spacial score (nSPS) is 12.6. The average Bonchev–Trinajstić information content (AvgIpc) is 2.87. The van der Waals surface area contributed by atoms with Gasteiger partial charge in [0.1, 0.15) is 0 Å². The maximum absolute atomic E-state index is 5.53. The first-order valence-electron chi connectivity index (χ1n) is 6.41. The molecule has 4 nitrogen and oxygen atoms in total. The van der Waals surface area contributed by atoms with Crippen molar-refractivity contribution in [3.05, 3.63) is 41.5 Å². The van der Waals surface area contributed by atoms with Crippen LogP contribution in [0.2, 0.25) is 0 Å². The molecular weight excluding hydrogens is 258 g/mol. The number of nitrogens with zero attached hydrogens (tertiary/aromatic N) is 2. The summed E-state index contributed by atoms with van der Waals surface area (Å²) in [6.45, 7) is 4.79. The van der Waals surface area contributed by atoms with Crippen molar-refractivity contribution in [3.8, 4) is 0 Å². The SMILES string of the molecule is Cc1ccccc1SCc1noc(C(C)CCN)n1. The third-order valence-corrected chi connectivity index (χ3v) is 4.13. The van der Waals surface area contributed by atoms with E-state index in [0.29, 0.717) is 12.4 Å². The molecule has 19 heavy (non-hydrogen) atoms. The van der Waals surface area contributed by atoms with Gasteiger partial charge < -0.3 is 10.3 Å². The van der Waals surface area contributed by atoms with E-state index >= 15 is 0 Å². The van der Waals surface area contributed by atoms with Gasteiger partial charge in [0.25, 0.3) is 0 Å². The molecule has 1 unspecified atom stereocenters. The molecule has 1 atom stereocenters. The lowest BCUT2D eigenvalue weighted by atomic mass is 10.1. The topological polar surface area (TPSA) is 64.9 Å². The molecule has 5 heteroatoms. The van der Waals surface area contributed by atoms with Gasteiger partial charge in [-0.1, -0.05) is 30.3 Å². The van der Waals surface area contributed by atoms with Crippen molar-refractivity contribution in [2.75, 3.05) is 6.54 Å². The van der Waals surface area contributed by atoms with Crippen molar-refractivity contribution in [1.82, 2.24) is 10.1 Å². The quantitative estimate of drug-likeness (QED) is 0.822. The molecule has 2 aromatic rings. The van der Waals surface area contributed by atoms with Crippen molar-refractivity contribution in [1.29, 1.82) is 0 Å². The Labute approximate surface area is 117 Å². The minimum absolute atomic E-state index is 0.231. The molecular formula is C14H19N3OS. The van der Waals surface area contributed by atoms with Crippen LogP contribution in [0.3, 0.4) is 0 Å². The molecule has 0 spiro atoms. The standard InChI is InChI=1S/C14H19N3OS/c1-10-5-3-4-6-12(10)19-9-13-16-14(18-17-13)11(2)7-8-15/h3-6,11H,7-9,15H2,1-2H3. The number of aryl methyl sites for hydroxylation is 1. The van der Waals surface area contributed by atoms with E-state index in [4.69, 9.17) is 10.3 Å². The number of hydrogen-bond acceptors (Lipinski definition) is 5. The minimum Gasteiger partial charge on any atom is -0.339 e. The molecule has 0 radical (unpaired) electrons. The fourth-order valence-electron chi connectivity index (χ4n) is 1.76. The Kier molecular flexibility index (Phi) is 4.99. The lowest BCUT2D eigenvalue weighted by molar-refractivity contribution is 0.352. The summed E-state index contributed by atoms with van der Waals surface area (Å²) >= 11 is 1.73. The molecule has 102 valence electrons. The summed E-state index contributed by atoms with van der Waals surface area (Å²) < 4.78 is 5.27. The van der Waals surface area contributed by atoms with Gasteiger partial charge in [0, 0.05) is 10.8 Å². The van der Waals surface area contributed by atoms with Gasteiger partial charge in [-0.25, -0.2) is 0 Å². The van der Waals surface area contributed by atoms with E-state index in [-0.39, 0.29) is 5.92 Å². The van der Waals surface area contributed by atoms with Crippen LogP contribution in [-0.4, -0.2) is 16.7 Å². The van der Waals surface area contributed by atoms with E-state index in [0.717, 1.165) is 18.0 Å². The Morgan fingerprint density at radius 2 is 2.16 bits per heavy atom. The number of hydrogen-bond donors (Lipinski definition) is 1. The third kappa shape index (κ3) is 3.81. The molecule has 2 rings (SSSR count). The predicted octanol–water partition coefficient (Wildman–Crippen LogP) is 3.12. The molecule has 0 aliphatic carbocycles. The molecule has 1 aromatic carbocycles. The molecule has 1 heterocycles. The van der Waals surface area contributed by atoms with Gasteiger partial charge in [-0.3, -0.25) is 0 Å². The van der Waals surface area contributed by atoms with Gasteiger partial charge in [0.05, 0.1) is 5.75 Å². The average molecular weight is 277 g/mol. The Morgan fingerprint density at radius 3 is 2.89 bits per heavy atom. The van der Waals surface area contributed by atoms with Gasteiger partial charge in [0.2, 0.25) is 5.89 Å². The van der Waals surface area contributed by atoms with Gasteiger partial charge in [-0.15, -0.1) is 11.8 Å². The number of benzene rings is 1. The molecule has 0 bridgehead atoms. The van der Waals surface area contributed by atoms with Gasteiger partial charge in [0.15, 0.2) is 5.82 Å². The van der Waals surface area contributed by atoms with E-state index in [9.17, 15) is 0 Å². The molecule has 0 aliphatic rings. The first kappa shape index (κ1) is 14.1. The van der Waals surface area contributed by atoms with Gasteiger partial charge >= 0.3 is 0 Å². The lowest BCUT2D eigenvalue weighted by Crippen LogP contribution is -2.04. The summed E-state index contributed by atoms with van der Waals surface area (Å²) in [7, 11) is 0. The molecule has 0 saturated carbocycles. The number of thioether (sulfide) groups is 1. The second-order valence-electron chi connectivity index (χ2n) is 4.58. The molecule has 0 amide bonds. The zero-order valence-corrected chi connectivity index (χ0v) is 12.1. The van der Waals surface area contributed by atoms with Crippen LogP contribution in [0, 0.1) is 6.92 Å². The van der Waals surface area contributed by atoms with Crippen LogP contribution in [0.25, 0.3) is 0 Å². The highest BCUT2D eigenvalue weighted by Gasteiger charge is 2.13. The van der Waals surface area contributed by atoms with Crippen LogP contribution in [0.4, 0.5) is 0 Å². The number of rotatable bonds is 6. The zero-order valence-electron chi connectivity index (χ0n) is 11.3. The summed E-state index contributed by atoms with van der Waals surface area (Å²) in [5.41, 5.74) is 6.80. The summed E-state index contributed by atoms with van der Waals surface area (Å²) in [4.78, 5) is 5.67. The maximum atomic E-state index is 5.53. The predicted molar refractivity (Wildman–Crippen MR) is 77.1 cm³/mol. The lowest BCUT2D eigenvalue weighted by Gasteiger charge is -2.02. The molecule has 1 aromatic heterocycles. The van der Waals surface area contributed by atoms with Crippen LogP contribution in [0.1, 0.15) is 36.5 Å². The Bertz CT molecular complexity index is 527. The minimum atomic E-state index is 0.231. The number of aromatic nitrogens is 2.